The number of hydrogen-bond acceptors (Lipinski definition) is 0. The number of halogens is 34. The molecule has 0 amide bonds. The second-order valence-electron chi connectivity index (χ2n) is 15.4. The number of hydrogen-bond donors (Lipinski definition) is 0. The third-order valence-electron chi connectivity index (χ3n) is 10.2. The molecule has 0 unspecified atom stereocenters. The van der Waals surface area contributed by atoms with Crippen LogP contribution in [0.2, 0.25) is 0 Å². The minimum atomic E-state index is -8.75. The van der Waals surface area contributed by atoms with Gasteiger partial charge in [0.15, 0.2) is 0 Å². The maximum atomic E-state index is 14.2. The van der Waals surface area contributed by atoms with Crippen molar-refractivity contribution in [1.82, 2.24) is 0 Å². The molecule has 0 fully saturated rings. The lowest BCUT2D eigenvalue weighted by Crippen LogP contribution is -2.74. The fourth-order valence-electron chi connectivity index (χ4n) is 5.71. The van der Waals surface area contributed by atoms with Crippen LogP contribution in [0.3, 0.4) is 0 Å². The van der Waals surface area contributed by atoms with E-state index in [0.29, 0.717) is 0 Å². The number of alkyl halides is 34. The zero-order valence-electron chi connectivity index (χ0n) is 34.1. The van der Waals surface area contributed by atoms with Crippen molar-refractivity contribution < 1.29 is 149 Å². The average molecular weight is 1130 g/mol. The van der Waals surface area contributed by atoms with E-state index in [1.54, 1.807) is 0 Å². The van der Waals surface area contributed by atoms with Crippen molar-refractivity contribution >= 4 is 0 Å². The Labute approximate surface area is 379 Å². The largest absolute Gasteiger partial charge is 0.460 e. The topological polar surface area (TPSA) is 0 Å². The highest BCUT2D eigenvalue weighted by Gasteiger charge is 2.96. The van der Waals surface area contributed by atoms with Gasteiger partial charge in [-0.25, -0.2) is 0 Å². The Kier molecular flexibility index (Phi) is 17.2. The van der Waals surface area contributed by atoms with Gasteiger partial charge in [0.25, 0.3) is 0 Å². The van der Waals surface area contributed by atoms with E-state index in [-0.39, 0.29) is 22.3 Å². The van der Waals surface area contributed by atoms with Crippen LogP contribution in [0.25, 0.3) is 0 Å². The summed E-state index contributed by atoms with van der Waals surface area (Å²) in [5, 5.41) is 0. The zero-order chi connectivity index (χ0) is 57.0. The second kappa shape index (κ2) is 19.4. The predicted octanol–water partition coefficient (Wildman–Crippen LogP) is 16.5. The van der Waals surface area contributed by atoms with Gasteiger partial charge in [0.05, 0.1) is 0 Å². The molecule has 0 N–H and O–H groups in total. The molecule has 0 aliphatic heterocycles. The molecular weight excluding hydrogens is 1100 g/mol. The Balaban J connectivity index is 2.05. The van der Waals surface area contributed by atoms with Crippen LogP contribution >= 0.6 is 0 Å². The van der Waals surface area contributed by atoms with Gasteiger partial charge in [-0.05, 0) is 73.9 Å². The van der Waals surface area contributed by atoms with Crippen molar-refractivity contribution in [3.05, 3.63) is 70.8 Å². The first-order valence-electron chi connectivity index (χ1n) is 18.7. The number of rotatable bonds is 22. The number of benzene rings is 2. The first-order valence-corrected chi connectivity index (χ1v) is 18.7. The van der Waals surface area contributed by atoms with Gasteiger partial charge in [-0.2, -0.15) is 149 Å². The van der Waals surface area contributed by atoms with Crippen LogP contribution in [-0.4, -0.2) is 95.3 Å². The summed E-state index contributed by atoms with van der Waals surface area (Å²) in [5.41, 5.74) is 0.391. The average Bonchev–Trinajstić information content (AvgIpc) is 3.22. The van der Waals surface area contributed by atoms with Gasteiger partial charge in [0, 0.05) is 24.0 Å². The highest BCUT2D eigenvalue weighted by molar-refractivity contribution is 5.44. The second-order valence-corrected chi connectivity index (χ2v) is 15.4. The van der Waals surface area contributed by atoms with Crippen molar-refractivity contribution in [2.24, 2.45) is 0 Å². The van der Waals surface area contributed by atoms with Gasteiger partial charge in [-0.3, -0.25) is 0 Å². The molecule has 34 heteroatoms. The van der Waals surface area contributed by atoms with Gasteiger partial charge in [0.1, 0.15) is 0 Å². The lowest BCUT2D eigenvalue weighted by atomic mass is 9.87. The van der Waals surface area contributed by atoms with Crippen LogP contribution < -0.4 is 0 Å². The lowest BCUT2D eigenvalue weighted by Gasteiger charge is -2.42. The van der Waals surface area contributed by atoms with Crippen molar-refractivity contribution in [3.8, 4) is 11.8 Å². The number of unbranched alkanes of at least 4 members (excludes halogenated alkanes) is 2. The normalized spacial score (nSPS) is 15.4. The summed E-state index contributed by atoms with van der Waals surface area (Å²) in [6.45, 7) is 0. The van der Waals surface area contributed by atoms with Gasteiger partial charge >= 0.3 is 95.3 Å². The minimum Gasteiger partial charge on any atom is -0.200 e. The quantitative estimate of drug-likeness (QED) is 0.0626. The van der Waals surface area contributed by atoms with Gasteiger partial charge in [0.2, 0.25) is 0 Å². The SMILES string of the molecule is FC(F)(F)C(F)(F)C(F)(F)C(F)(F)C(F)(F)C(F)(F)C(F)(F)C(F)(F)CCCCc1ccc(C#Cc2ccc(CCCCC(F)(F)C(F)(F)C(F)(F)C(F)(F)C(F)(F)C(F)(F)C(F)(F)C(F)(F)F)cc2)cc1. The summed E-state index contributed by atoms with van der Waals surface area (Å²) in [5.74, 6) is -109. The fourth-order valence-corrected chi connectivity index (χ4v) is 5.71. The molecule has 0 bridgehead atoms. The number of aryl methyl sites for hydroxylation is 2. The molecule has 0 aliphatic carbocycles. The first-order chi connectivity index (χ1) is 31.6. The standard InChI is InChI=1S/C38H24F34/c39-23(40,25(43,44)27(47,48)29(51,52)31(55,56)33(59,60)35(63,64)37(67,68)69)17-3-1-5-19-7-11-21(12-8-19)15-16-22-13-9-20(10-14-22)6-2-4-18-24(41,42)26(45,46)28(49,50)30(53,54)32(57,58)34(61,62)36(65,66)38(70,71)72/h7-14H,1-6,17-18H2. The van der Waals surface area contributed by atoms with Crippen molar-refractivity contribution in [3.63, 3.8) is 0 Å². The molecule has 414 valence electrons. The molecule has 2 rings (SSSR count). The highest BCUT2D eigenvalue weighted by atomic mass is 19.4. The maximum Gasteiger partial charge on any atom is 0.460 e. The third-order valence-corrected chi connectivity index (χ3v) is 10.2. The summed E-state index contributed by atoms with van der Waals surface area (Å²) in [6.07, 6.45) is -26.2. The van der Waals surface area contributed by atoms with E-state index in [1.807, 2.05) is 0 Å². The van der Waals surface area contributed by atoms with Crippen LogP contribution in [0.1, 0.15) is 60.8 Å². The Bertz CT molecular complexity index is 2040. The third kappa shape index (κ3) is 10.4. The van der Waals surface area contributed by atoms with Crippen molar-refractivity contribution in [1.29, 1.82) is 0 Å². The summed E-state index contributed by atoms with van der Waals surface area (Å²) >= 11 is 0. The van der Waals surface area contributed by atoms with Crippen LogP contribution in [0.15, 0.2) is 48.5 Å². The van der Waals surface area contributed by atoms with E-state index in [1.165, 1.54) is 24.3 Å². The van der Waals surface area contributed by atoms with Crippen LogP contribution in [0.4, 0.5) is 149 Å². The molecule has 0 radical (unpaired) electrons. The van der Waals surface area contributed by atoms with Crippen molar-refractivity contribution in [2.75, 3.05) is 0 Å². The van der Waals surface area contributed by atoms with E-state index in [9.17, 15) is 149 Å². The summed E-state index contributed by atoms with van der Waals surface area (Å²) in [7, 11) is 0. The van der Waals surface area contributed by atoms with E-state index < -0.39 is 147 Å². The Hall–Kier alpha value is -4.38. The molecule has 0 nitrogen and oxygen atoms in total. The van der Waals surface area contributed by atoms with Crippen LogP contribution in [0, 0.1) is 11.8 Å². The predicted molar refractivity (Wildman–Crippen MR) is 175 cm³/mol. The molecule has 72 heavy (non-hydrogen) atoms. The zero-order valence-corrected chi connectivity index (χ0v) is 34.1. The minimum absolute atomic E-state index is 0.0934. The molecule has 0 aliphatic rings. The van der Waals surface area contributed by atoms with Gasteiger partial charge in [-0.15, -0.1) is 0 Å². The molecule has 0 saturated carbocycles. The molecule has 0 aromatic heterocycles. The van der Waals surface area contributed by atoms with Crippen LogP contribution in [0.5, 0.6) is 0 Å². The molecule has 2 aromatic carbocycles. The molecular formula is C38H24F34. The summed E-state index contributed by atoms with van der Waals surface area (Å²) in [6, 6.07) is 9.27. The van der Waals surface area contributed by atoms with E-state index in [4.69, 9.17) is 0 Å². The molecule has 2 aromatic rings. The van der Waals surface area contributed by atoms with Gasteiger partial charge in [-0.1, -0.05) is 36.1 Å². The van der Waals surface area contributed by atoms with Crippen LogP contribution in [-0.2, 0) is 12.8 Å². The van der Waals surface area contributed by atoms with Crippen molar-refractivity contribution in [2.45, 2.75) is 147 Å². The van der Waals surface area contributed by atoms with E-state index in [0.717, 1.165) is 24.3 Å². The Morgan fingerprint density at radius 3 is 0.639 bits per heavy atom. The smallest absolute Gasteiger partial charge is 0.200 e. The lowest BCUT2D eigenvalue weighted by molar-refractivity contribution is -0.461. The monoisotopic (exact) mass is 1130 g/mol. The van der Waals surface area contributed by atoms with E-state index >= 15 is 0 Å². The molecule has 0 heterocycles. The first kappa shape index (κ1) is 63.7. The molecule has 0 saturated heterocycles. The van der Waals surface area contributed by atoms with Gasteiger partial charge < -0.3 is 0 Å². The fraction of sp³-hybridized carbons (Fsp3) is 0.632. The molecule has 0 atom stereocenters. The maximum absolute atomic E-state index is 14.2. The Morgan fingerprint density at radius 1 is 0.236 bits per heavy atom. The summed E-state index contributed by atoms with van der Waals surface area (Å²) in [4.78, 5) is 0. The van der Waals surface area contributed by atoms with E-state index in [2.05, 4.69) is 11.8 Å². The highest BCUT2D eigenvalue weighted by Crippen LogP contribution is 2.66. The Morgan fingerprint density at radius 2 is 0.431 bits per heavy atom. The molecule has 0 spiro atoms. The summed E-state index contributed by atoms with van der Waals surface area (Å²) < 4.78 is 458.